The summed E-state index contributed by atoms with van der Waals surface area (Å²) in [5.41, 5.74) is -0.248. The summed E-state index contributed by atoms with van der Waals surface area (Å²) < 4.78 is 24.2. The van der Waals surface area contributed by atoms with Gasteiger partial charge in [-0.25, -0.2) is 4.39 Å². The SMILES string of the molecule is OB(O)c1c(F)cccc1OC1CCCCO1. The first-order valence-electron chi connectivity index (χ1n) is 5.61. The van der Waals surface area contributed by atoms with Crippen molar-refractivity contribution in [3.8, 4) is 5.75 Å². The Kier molecular flexibility index (Phi) is 3.99. The minimum Gasteiger partial charge on any atom is -0.465 e. The molecule has 92 valence electrons. The van der Waals surface area contributed by atoms with Gasteiger partial charge in [-0.2, -0.15) is 0 Å². The lowest BCUT2D eigenvalue weighted by atomic mass is 9.79. The van der Waals surface area contributed by atoms with Crippen molar-refractivity contribution >= 4 is 12.6 Å². The molecule has 17 heavy (non-hydrogen) atoms. The van der Waals surface area contributed by atoms with Gasteiger partial charge in [0.2, 0.25) is 0 Å². The fraction of sp³-hybridized carbons (Fsp3) is 0.455. The minimum atomic E-state index is -1.89. The zero-order valence-corrected chi connectivity index (χ0v) is 9.30. The molecular weight excluding hydrogens is 226 g/mol. The summed E-state index contributed by atoms with van der Waals surface area (Å²) in [7, 11) is -1.89. The molecule has 1 unspecified atom stereocenters. The van der Waals surface area contributed by atoms with Crippen molar-refractivity contribution in [3.05, 3.63) is 24.0 Å². The smallest absolute Gasteiger partial charge is 0.465 e. The molecule has 1 atom stereocenters. The monoisotopic (exact) mass is 240 g/mol. The molecule has 0 spiro atoms. The van der Waals surface area contributed by atoms with Gasteiger partial charge in [-0.3, -0.25) is 0 Å². The van der Waals surface area contributed by atoms with Gasteiger partial charge >= 0.3 is 7.12 Å². The predicted octanol–water partition coefficient (Wildman–Crippen LogP) is 0.411. The zero-order valence-electron chi connectivity index (χ0n) is 9.30. The predicted molar refractivity (Wildman–Crippen MR) is 60.4 cm³/mol. The van der Waals surface area contributed by atoms with Gasteiger partial charge in [0.05, 0.1) is 12.1 Å². The third kappa shape index (κ3) is 2.97. The molecule has 4 nitrogen and oxygen atoms in total. The average molecular weight is 240 g/mol. The van der Waals surface area contributed by atoms with E-state index in [9.17, 15) is 4.39 Å². The van der Waals surface area contributed by atoms with Crippen molar-refractivity contribution in [3.63, 3.8) is 0 Å². The average Bonchev–Trinajstić information content (AvgIpc) is 2.30. The Labute approximate surface area is 99.1 Å². The molecule has 1 fully saturated rings. The number of hydrogen-bond donors (Lipinski definition) is 2. The van der Waals surface area contributed by atoms with Crippen LogP contribution >= 0.6 is 0 Å². The molecule has 0 amide bonds. The van der Waals surface area contributed by atoms with Crippen LogP contribution in [0.3, 0.4) is 0 Å². The zero-order chi connectivity index (χ0) is 12.3. The standard InChI is InChI=1S/C11H14BFO4/c13-8-4-3-5-9(11(8)12(14)15)17-10-6-1-2-7-16-10/h3-5,10,14-15H,1-2,6-7H2. The summed E-state index contributed by atoms with van der Waals surface area (Å²) >= 11 is 0. The van der Waals surface area contributed by atoms with Crippen LogP contribution in [-0.2, 0) is 4.74 Å². The molecule has 1 saturated heterocycles. The lowest BCUT2D eigenvalue weighted by Crippen LogP contribution is -2.36. The van der Waals surface area contributed by atoms with Crippen LogP contribution in [0.5, 0.6) is 5.75 Å². The van der Waals surface area contributed by atoms with E-state index in [1.807, 2.05) is 0 Å². The Morgan fingerprint density at radius 2 is 2.18 bits per heavy atom. The molecular formula is C11H14BFO4. The topological polar surface area (TPSA) is 58.9 Å². The maximum Gasteiger partial charge on any atom is 0.495 e. The van der Waals surface area contributed by atoms with E-state index in [1.54, 1.807) is 0 Å². The van der Waals surface area contributed by atoms with Gasteiger partial charge < -0.3 is 19.5 Å². The second kappa shape index (κ2) is 5.49. The third-order valence-corrected chi connectivity index (χ3v) is 2.67. The maximum absolute atomic E-state index is 13.4. The summed E-state index contributed by atoms with van der Waals surface area (Å²) in [6.45, 7) is 0.608. The van der Waals surface area contributed by atoms with Crippen LogP contribution in [0.15, 0.2) is 18.2 Å². The Morgan fingerprint density at radius 1 is 1.35 bits per heavy atom. The largest absolute Gasteiger partial charge is 0.495 e. The van der Waals surface area contributed by atoms with Gasteiger partial charge in [0.25, 0.3) is 0 Å². The van der Waals surface area contributed by atoms with Crippen molar-refractivity contribution in [2.45, 2.75) is 25.6 Å². The van der Waals surface area contributed by atoms with E-state index in [0.717, 1.165) is 25.3 Å². The van der Waals surface area contributed by atoms with Crippen molar-refractivity contribution in [1.82, 2.24) is 0 Å². The van der Waals surface area contributed by atoms with Gasteiger partial charge in [0, 0.05) is 6.42 Å². The Hall–Kier alpha value is -1.11. The van der Waals surface area contributed by atoms with Gasteiger partial charge in [0.1, 0.15) is 11.6 Å². The fourth-order valence-corrected chi connectivity index (χ4v) is 1.82. The van der Waals surface area contributed by atoms with E-state index in [2.05, 4.69) is 0 Å². The van der Waals surface area contributed by atoms with Gasteiger partial charge in [-0.15, -0.1) is 0 Å². The Morgan fingerprint density at radius 3 is 2.82 bits per heavy atom. The summed E-state index contributed by atoms with van der Waals surface area (Å²) in [4.78, 5) is 0. The van der Waals surface area contributed by atoms with Crippen LogP contribution in [0, 0.1) is 5.82 Å². The first-order valence-corrected chi connectivity index (χ1v) is 5.61. The number of hydrogen-bond acceptors (Lipinski definition) is 4. The number of halogens is 1. The van der Waals surface area contributed by atoms with E-state index in [0.29, 0.717) is 6.61 Å². The molecule has 2 rings (SSSR count). The highest BCUT2D eigenvalue weighted by molar-refractivity contribution is 6.59. The highest BCUT2D eigenvalue weighted by atomic mass is 19.1. The van der Waals surface area contributed by atoms with E-state index < -0.39 is 19.2 Å². The van der Waals surface area contributed by atoms with Crippen molar-refractivity contribution in [1.29, 1.82) is 0 Å². The van der Waals surface area contributed by atoms with Gasteiger partial charge in [-0.05, 0) is 25.0 Å². The van der Waals surface area contributed by atoms with Crippen molar-refractivity contribution in [2.24, 2.45) is 0 Å². The number of ether oxygens (including phenoxy) is 2. The quantitative estimate of drug-likeness (QED) is 0.751. The van der Waals surface area contributed by atoms with Crippen LogP contribution < -0.4 is 10.2 Å². The highest BCUT2D eigenvalue weighted by Gasteiger charge is 2.24. The maximum atomic E-state index is 13.4. The molecule has 1 aliphatic rings. The molecule has 1 heterocycles. The molecule has 1 aromatic rings. The minimum absolute atomic E-state index is 0.118. The summed E-state index contributed by atoms with van der Waals surface area (Å²) in [5, 5.41) is 18.2. The van der Waals surface area contributed by atoms with E-state index in [4.69, 9.17) is 19.5 Å². The summed E-state index contributed by atoms with van der Waals surface area (Å²) in [6, 6.07) is 4.11. The summed E-state index contributed by atoms with van der Waals surface area (Å²) in [6.07, 6.45) is 2.25. The first-order chi connectivity index (χ1) is 8.18. The van der Waals surface area contributed by atoms with E-state index in [1.165, 1.54) is 12.1 Å². The van der Waals surface area contributed by atoms with Crippen LogP contribution in [0.1, 0.15) is 19.3 Å². The molecule has 2 N–H and O–H groups in total. The first kappa shape index (κ1) is 12.4. The highest BCUT2D eigenvalue weighted by Crippen LogP contribution is 2.18. The molecule has 1 aliphatic heterocycles. The van der Waals surface area contributed by atoms with Gasteiger partial charge in [0.15, 0.2) is 6.29 Å². The number of benzene rings is 1. The molecule has 0 aliphatic carbocycles. The second-order valence-corrected chi connectivity index (χ2v) is 3.94. The molecule has 1 aromatic carbocycles. The Bertz CT molecular complexity index is 380. The van der Waals surface area contributed by atoms with E-state index >= 15 is 0 Å². The van der Waals surface area contributed by atoms with Crippen LogP contribution in [0.25, 0.3) is 0 Å². The lowest BCUT2D eigenvalue weighted by Gasteiger charge is -2.24. The van der Waals surface area contributed by atoms with E-state index in [-0.39, 0.29) is 11.2 Å². The van der Waals surface area contributed by atoms with Crippen molar-refractivity contribution in [2.75, 3.05) is 6.61 Å². The molecule has 0 saturated carbocycles. The molecule has 0 radical (unpaired) electrons. The molecule has 6 heteroatoms. The number of rotatable bonds is 3. The van der Waals surface area contributed by atoms with Gasteiger partial charge in [-0.1, -0.05) is 6.07 Å². The fourth-order valence-electron chi connectivity index (χ4n) is 1.82. The normalized spacial score (nSPS) is 20.1. The van der Waals surface area contributed by atoms with Crippen molar-refractivity contribution < 1.29 is 23.9 Å². The molecule has 0 bridgehead atoms. The summed E-state index contributed by atoms with van der Waals surface area (Å²) in [5.74, 6) is -0.583. The Balaban J connectivity index is 2.16. The second-order valence-electron chi connectivity index (χ2n) is 3.94. The van der Waals surface area contributed by atoms with Crippen LogP contribution in [0.4, 0.5) is 4.39 Å². The van der Waals surface area contributed by atoms with Crippen LogP contribution in [-0.4, -0.2) is 30.1 Å². The van der Waals surface area contributed by atoms with Crippen LogP contribution in [0.2, 0.25) is 0 Å². The molecule has 0 aromatic heterocycles. The lowest BCUT2D eigenvalue weighted by molar-refractivity contribution is -0.105. The third-order valence-electron chi connectivity index (χ3n) is 2.67.